The summed E-state index contributed by atoms with van der Waals surface area (Å²) >= 11 is 0. The molecule has 1 aromatic carbocycles. The zero-order valence-corrected chi connectivity index (χ0v) is 8.00. The van der Waals surface area contributed by atoms with E-state index >= 15 is 0 Å². The molecule has 0 atom stereocenters. The van der Waals surface area contributed by atoms with Crippen LogP contribution in [0.15, 0.2) is 24.3 Å². The molecule has 1 N–H and O–H groups in total. The predicted molar refractivity (Wildman–Crippen MR) is 52.3 cm³/mol. The molecule has 76 valence electrons. The Morgan fingerprint density at radius 1 is 1.27 bits per heavy atom. The summed E-state index contributed by atoms with van der Waals surface area (Å²) in [6, 6.07) is 4.43. The van der Waals surface area contributed by atoms with Gasteiger partial charge in [-0.15, -0.1) is 0 Å². The molecule has 0 saturated carbocycles. The van der Waals surface area contributed by atoms with E-state index in [0.29, 0.717) is 11.1 Å². The lowest BCUT2D eigenvalue weighted by molar-refractivity contribution is -0.123. The summed E-state index contributed by atoms with van der Waals surface area (Å²) in [5.41, 5.74) is 1.13. The van der Waals surface area contributed by atoms with E-state index < -0.39 is 11.8 Å². The van der Waals surface area contributed by atoms with Crippen molar-refractivity contribution < 1.29 is 14.0 Å². The highest BCUT2D eigenvalue weighted by atomic mass is 19.1. The second kappa shape index (κ2) is 3.31. The number of nitrogens with one attached hydrogen (secondary N) is 1. The van der Waals surface area contributed by atoms with Gasteiger partial charge < -0.3 is 0 Å². The maximum absolute atomic E-state index is 13.2. The van der Waals surface area contributed by atoms with Gasteiger partial charge in [0.15, 0.2) is 0 Å². The average Bonchev–Trinajstić information content (AvgIpc) is 2.50. The van der Waals surface area contributed by atoms with Gasteiger partial charge in [-0.05, 0) is 24.1 Å². The van der Waals surface area contributed by atoms with E-state index in [1.165, 1.54) is 12.1 Å². The Morgan fingerprint density at radius 2 is 2.00 bits per heavy atom. The number of carbonyl (C=O) groups is 2. The van der Waals surface area contributed by atoms with Gasteiger partial charge in [-0.2, -0.15) is 0 Å². The number of hydrogen-bond acceptors (Lipinski definition) is 2. The largest absolute Gasteiger partial charge is 0.289 e. The van der Waals surface area contributed by atoms with Crippen LogP contribution in [0, 0.1) is 12.7 Å². The van der Waals surface area contributed by atoms with E-state index in [9.17, 15) is 14.0 Å². The molecule has 0 radical (unpaired) electrons. The molecule has 0 unspecified atom stereocenters. The van der Waals surface area contributed by atoms with Crippen molar-refractivity contribution in [2.24, 2.45) is 0 Å². The van der Waals surface area contributed by atoms with E-state index in [1.54, 1.807) is 19.1 Å². The van der Waals surface area contributed by atoms with E-state index in [0.717, 1.165) is 0 Å². The fourth-order valence-corrected chi connectivity index (χ4v) is 1.39. The fraction of sp³-hybridized carbons (Fsp3) is 0.0909. The maximum atomic E-state index is 13.2. The first-order valence-electron chi connectivity index (χ1n) is 4.41. The first-order chi connectivity index (χ1) is 7.08. The van der Waals surface area contributed by atoms with Crippen molar-refractivity contribution in [2.75, 3.05) is 0 Å². The minimum Gasteiger partial charge on any atom is -0.289 e. The smallest absolute Gasteiger partial charge is 0.258 e. The normalized spacial score (nSPS) is 15.2. The van der Waals surface area contributed by atoms with Gasteiger partial charge in [-0.25, -0.2) is 4.39 Å². The monoisotopic (exact) mass is 205 g/mol. The van der Waals surface area contributed by atoms with Crippen molar-refractivity contribution in [3.8, 4) is 0 Å². The lowest BCUT2D eigenvalue weighted by Crippen LogP contribution is -2.21. The van der Waals surface area contributed by atoms with Crippen LogP contribution in [0.3, 0.4) is 0 Å². The number of carbonyl (C=O) groups excluding carboxylic acids is 2. The highest BCUT2D eigenvalue weighted by Gasteiger charge is 2.22. The maximum Gasteiger partial charge on any atom is 0.258 e. The molecule has 0 aromatic heterocycles. The van der Waals surface area contributed by atoms with Gasteiger partial charge in [0.05, 0.1) is 5.57 Å². The van der Waals surface area contributed by atoms with Crippen LogP contribution >= 0.6 is 0 Å². The van der Waals surface area contributed by atoms with Gasteiger partial charge in [0.25, 0.3) is 11.8 Å². The second-order valence-electron chi connectivity index (χ2n) is 3.34. The van der Waals surface area contributed by atoms with Gasteiger partial charge in [-0.3, -0.25) is 14.9 Å². The number of amides is 2. The van der Waals surface area contributed by atoms with Crippen molar-refractivity contribution in [1.82, 2.24) is 5.32 Å². The topological polar surface area (TPSA) is 46.2 Å². The van der Waals surface area contributed by atoms with Crippen LogP contribution < -0.4 is 5.32 Å². The molecule has 0 saturated heterocycles. The molecule has 0 spiro atoms. The molecular formula is C11H8FNO2. The van der Waals surface area contributed by atoms with E-state index in [2.05, 4.69) is 5.32 Å². The highest BCUT2D eigenvalue weighted by molar-refractivity contribution is 6.33. The first kappa shape index (κ1) is 9.58. The van der Waals surface area contributed by atoms with Crippen LogP contribution in [-0.2, 0) is 9.59 Å². The summed E-state index contributed by atoms with van der Waals surface area (Å²) in [4.78, 5) is 22.1. The zero-order chi connectivity index (χ0) is 11.0. The SMILES string of the molecule is Cc1ccc(C2=CC(=O)NC2=O)cc1F. The van der Waals surface area contributed by atoms with Gasteiger partial charge in [0.2, 0.25) is 0 Å². The summed E-state index contributed by atoms with van der Waals surface area (Å²) in [6.07, 6.45) is 1.17. The number of aryl methyl sites for hydroxylation is 1. The molecule has 0 bridgehead atoms. The first-order valence-corrected chi connectivity index (χ1v) is 4.41. The van der Waals surface area contributed by atoms with Crippen LogP contribution in [-0.4, -0.2) is 11.8 Å². The Morgan fingerprint density at radius 3 is 2.53 bits per heavy atom. The Hall–Kier alpha value is -1.97. The molecule has 4 heteroatoms. The Labute approximate surface area is 85.6 Å². The van der Waals surface area contributed by atoms with Crippen molar-refractivity contribution >= 4 is 17.4 Å². The highest BCUT2D eigenvalue weighted by Crippen LogP contribution is 2.20. The van der Waals surface area contributed by atoms with Gasteiger partial charge in [0.1, 0.15) is 5.82 Å². The number of rotatable bonds is 1. The molecule has 2 amide bonds. The van der Waals surface area contributed by atoms with E-state index in [-0.39, 0.29) is 11.4 Å². The molecule has 0 fully saturated rings. The second-order valence-corrected chi connectivity index (χ2v) is 3.34. The van der Waals surface area contributed by atoms with Crippen LogP contribution in [0.5, 0.6) is 0 Å². The average molecular weight is 205 g/mol. The van der Waals surface area contributed by atoms with Gasteiger partial charge >= 0.3 is 0 Å². The number of benzene rings is 1. The van der Waals surface area contributed by atoms with Gasteiger partial charge in [-0.1, -0.05) is 12.1 Å². The third-order valence-electron chi connectivity index (χ3n) is 2.24. The molecule has 2 rings (SSSR count). The molecule has 0 aliphatic carbocycles. The number of hydrogen-bond donors (Lipinski definition) is 1. The number of halogens is 1. The van der Waals surface area contributed by atoms with Crippen LogP contribution in [0.25, 0.3) is 5.57 Å². The molecule has 1 aliphatic heterocycles. The summed E-state index contributed by atoms with van der Waals surface area (Å²) in [5, 5.41) is 2.11. The Balaban J connectivity index is 2.47. The minimum atomic E-state index is -0.483. The minimum absolute atomic E-state index is 0.207. The third-order valence-corrected chi connectivity index (χ3v) is 2.24. The molecule has 1 aliphatic rings. The molecule has 1 heterocycles. The fourth-order valence-electron chi connectivity index (χ4n) is 1.39. The van der Waals surface area contributed by atoms with Crippen molar-refractivity contribution in [3.63, 3.8) is 0 Å². The van der Waals surface area contributed by atoms with Crippen LogP contribution in [0.4, 0.5) is 4.39 Å². The van der Waals surface area contributed by atoms with E-state index in [1.807, 2.05) is 0 Å². The third kappa shape index (κ3) is 1.66. The molecular weight excluding hydrogens is 197 g/mol. The Bertz CT molecular complexity index is 491. The zero-order valence-electron chi connectivity index (χ0n) is 8.00. The summed E-state index contributed by atoms with van der Waals surface area (Å²) in [6.45, 7) is 1.63. The van der Waals surface area contributed by atoms with Crippen LogP contribution in [0.1, 0.15) is 11.1 Å². The van der Waals surface area contributed by atoms with Crippen molar-refractivity contribution in [1.29, 1.82) is 0 Å². The lowest BCUT2D eigenvalue weighted by atomic mass is 10.0. The summed E-state index contributed by atoms with van der Waals surface area (Å²) < 4.78 is 13.2. The predicted octanol–water partition coefficient (Wildman–Crippen LogP) is 1.17. The molecule has 1 aromatic rings. The Kier molecular flexibility index (Phi) is 2.11. The standard InChI is InChI=1S/C11H8FNO2/c1-6-2-3-7(4-9(6)12)8-5-10(14)13-11(8)15/h2-5H,1H3,(H,13,14,15). The lowest BCUT2D eigenvalue weighted by Gasteiger charge is -2.02. The quantitative estimate of drug-likeness (QED) is 0.699. The van der Waals surface area contributed by atoms with Gasteiger partial charge in [0, 0.05) is 6.08 Å². The summed E-state index contributed by atoms with van der Waals surface area (Å²) in [5.74, 6) is -1.33. The van der Waals surface area contributed by atoms with Crippen molar-refractivity contribution in [3.05, 3.63) is 41.2 Å². The van der Waals surface area contributed by atoms with E-state index in [4.69, 9.17) is 0 Å². The van der Waals surface area contributed by atoms with Crippen LogP contribution in [0.2, 0.25) is 0 Å². The summed E-state index contributed by atoms with van der Waals surface area (Å²) in [7, 11) is 0. The molecule has 15 heavy (non-hydrogen) atoms. The number of imide groups is 1. The van der Waals surface area contributed by atoms with Crippen molar-refractivity contribution in [2.45, 2.75) is 6.92 Å². The molecule has 3 nitrogen and oxygen atoms in total.